The van der Waals surface area contributed by atoms with Crippen molar-refractivity contribution in [2.24, 2.45) is 0 Å². The Morgan fingerprint density at radius 2 is 1.97 bits per heavy atom. The minimum absolute atomic E-state index is 0.000305. The molecule has 0 saturated carbocycles. The smallest absolute Gasteiger partial charge is 0.276 e. The summed E-state index contributed by atoms with van der Waals surface area (Å²) in [6.07, 6.45) is 0. The summed E-state index contributed by atoms with van der Waals surface area (Å²) in [4.78, 5) is 31.6. The maximum atomic E-state index is 12.0. The molecule has 1 heterocycles. The second-order valence-corrected chi connectivity index (χ2v) is 8.12. The summed E-state index contributed by atoms with van der Waals surface area (Å²) in [6.45, 7) is 3.60. The minimum Gasteiger partial charge on any atom is -0.484 e. The van der Waals surface area contributed by atoms with Gasteiger partial charge in [0.05, 0.1) is 22.0 Å². The highest BCUT2D eigenvalue weighted by Gasteiger charge is 2.14. The van der Waals surface area contributed by atoms with Crippen molar-refractivity contribution in [1.29, 1.82) is 0 Å². The van der Waals surface area contributed by atoms with E-state index < -0.39 is 5.91 Å². The monoisotopic (exact) mass is 432 g/mol. The Balaban J connectivity index is 1.38. The lowest BCUT2D eigenvalue weighted by molar-refractivity contribution is -0.128. The lowest BCUT2D eigenvalue weighted by atomic mass is 10.2. The van der Waals surface area contributed by atoms with Crippen LogP contribution in [0.2, 0.25) is 5.02 Å². The van der Waals surface area contributed by atoms with E-state index in [2.05, 4.69) is 20.8 Å². The average Bonchev–Trinajstić information content (AvgIpc) is 3.15. The first kappa shape index (κ1) is 21.0. The molecule has 9 heteroatoms. The van der Waals surface area contributed by atoms with E-state index in [1.165, 1.54) is 11.8 Å². The summed E-state index contributed by atoms with van der Waals surface area (Å²) in [6, 6.07) is 12.9. The number of thioether (sulfide) groups is 1. The second-order valence-electron chi connectivity index (χ2n) is 6.39. The first-order chi connectivity index (χ1) is 13.9. The number of H-pyrrole nitrogens is 1. The molecule has 152 valence electrons. The Kier molecular flexibility index (Phi) is 7.00. The van der Waals surface area contributed by atoms with Gasteiger partial charge in [0.25, 0.3) is 5.91 Å². The predicted octanol–water partition coefficient (Wildman–Crippen LogP) is 3.55. The number of hydrazine groups is 1. The Bertz CT molecular complexity index is 991. The molecule has 0 saturated heterocycles. The molecule has 7 nitrogen and oxygen atoms in total. The molecule has 29 heavy (non-hydrogen) atoms. The minimum atomic E-state index is -0.457. The first-order valence-electron chi connectivity index (χ1n) is 8.95. The van der Waals surface area contributed by atoms with Gasteiger partial charge in [0.2, 0.25) is 5.91 Å². The summed E-state index contributed by atoms with van der Waals surface area (Å²) in [5.41, 5.74) is 7.43. The molecule has 0 unspecified atom stereocenters. The van der Waals surface area contributed by atoms with Crippen LogP contribution in [0.15, 0.2) is 42.5 Å². The van der Waals surface area contributed by atoms with Crippen molar-refractivity contribution in [2.75, 3.05) is 12.4 Å². The van der Waals surface area contributed by atoms with Crippen LogP contribution in [0.5, 0.6) is 5.75 Å². The Morgan fingerprint density at radius 1 is 1.21 bits per heavy atom. The number of benzene rings is 2. The van der Waals surface area contributed by atoms with Gasteiger partial charge in [-0.1, -0.05) is 23.7 Å². The molecule has 3 N–H and O–H groups in total. The van der Waals surface area contributed by atoms with E-state index in [-0.39, 0.29) is 23.5 Å². The van der Waals surface area contributed by atoms with E-state index in [9.17, 15) is 9.59 Å². The lowest BCUT2D eigenvalue weighted by Gasteiger charge is -2.11. The second kappa shape index (κ2) is 9.67. The highest BCUT2D eigenvalue weighted by Crippen LogP contribution is 2.27. The Morgan fingerprint density at radius 3 is 2.72 bits per heavy atom. The number of hydrogen-bond donors (Lipinski definition) is 3. The van der Waals surface area contributed by atoms with E-state index in [0.717, 1.165) is 22.4 Å². The zero-order valence-electron chi connectivity index (χ0n) is 16.0. The van der Waals surface area contributed by atoms with Gasteiger partial charge in [0, 0.05) is 5.02 Å². The number of aromatic amines is 1. The number of para-hydroxylation sites is 2. The summed E-state index contributed by atoms with van der Waals surface area (Å²) in [5.74, 6) is 0.744. The predicted molar refractivity (Wildman–Crippen MR) is 115 cm³/mol. The van der Waals surface area contributed by atoms with Gasteiger partial charge in [0.15, 0.2) is 6.61 Å². The number of aromatic nitrogens is 2. The van der Waals surface area contributed by atoms with Crippen molar-refractivity contribution in [1.82, 2.24) is 20.8 Å². The van der Waals surface area contributed by atoms with Gasteiger partial charge < -0.3 is 9.72 Å². The summed E-state index contributed by atoms with van der Waals surface area (Å²) >= 11 is 7.37. The van der Waals surface area contributed by atoms with Gasteiger partial charge in [-0.3, -0.25) is 20.4 Å². The van der Waals surface area contributed by atoms with Gasteiger partial charge >= 0.3 is 0 Å². The molecule has 3 rings (SSSR count). The molecule has 2 aromatic carbocycles. The number of aryl methyl sites for hydroxylation is 1. The van der Waals surface area contributed by atoms with Crippen molar-refractivity contribution in [3.8, 4) is 5.75 Å². The maximum absolute atomic E-state index is 12.0. The molecule has 1 atom stereocenters. The summed E-state index contributed by atoms with van der Waals surface area (Å²) < 4.78 is 5.38. The fourth-order valence-electron chi connectivity index (χ4n) is 2.51. The third kappa shape index (κ3) is 5.88. The number of carbonyl (C=O) groups excluding carboxylic acids is 2. The van der Waals surface area contributed by atoms with Gasteiger partial charge in [-0.05, 0) is 49.7 Å². The Labute approximate surface area is 177 Å². The number of nitrogens with one attached hydrogen (secondary N) is 3. The number of halogens is 1. The molecule has 0 bridgehead atoms. The molecular formula is C20H21ClN4O3S. The summed E-state index contributed by atoms with van der Waals surface area (Å²) in [5, 5.41) is 0.628. The van der Waals surface area contributed by atoms with E-state index in [1.54, 1.807) is 18.2 Å². The number of imidazole rings is 1. The first-order valence-corrected chi connectivity index (χ1v) is 10.4. The fourth-order valence-corrected chi connectivity index (χ4v) is 3.37. The third-order valence-corrected chi connectivity index (χ3v) is 5.67. The fraction of sp³-hybridized carbons (Fsp3) is 0.250. The zero-order chi connectivity index (χ0) is 20.8. The van der Waals surface area contributed by atoms with Crippen LogP contribution in [0.1, 0.15) is 23.6 Å². The quantitative estimate of drug-likeness (QED) is 0.496. The normalized spacial score (nSPS) is 11.8. The molecule has 0 radical (unpaired) electrons. The molecule has 0 spiro atoms. The topological polar surface area (TPSA) is 96.1 Å². The molecule has 0 fully saturated rings. The van der Waals surface area contributed by atoms with Gasteiger partial charge in [-0.25, -0.2) is 4.98 Å². The van der Waals surface area contributed by atoms with Crippen LogP contribution in [0.4, 0.5) is 0 Å². The number of nitrogens with zero attached hydrogens (tertiary/aromatic N) is 1. The molecule has 1 aromatic heterocycles. The molecular weight excluding hydrogens is 412 g/mol. The highest BCUT2D eigenvalue weighted by molar-refractivity contribution is 8.00. The SMILES string of the molecule is Cc1cc(OCC(=O)NNC(=O)CS[C@@H](C)c2nc3ccccc3[nH]2)ccc1Cl. The standard InChI is InChI=1S/C20H21ClN4O3S/c1-12-9-14(7-8-15(12)21)28-10-18(26)24-25-19(27)11-29-13(2)20-22-16-5-3-4-6-17(16)23-20/h3-9,13H,10-11H2,1-2H3,(H,22,23)(H,24,26)(H,25,27)/t13-/m0/s1. The number of amides is 2. The number of carbonyl (C=O) groups is 2. The van der Waals surface area contributed by atoms with Crippen LogP contribution in [0.25, 0.3) is 11.0 Å². The molecule has 2 amide bonds. The van der Waals surface area contributed by atoms with Crippen molar-refractivity contribution in [3.05, 3.63) is 58.9 Å². The van der Waals surface area contributed by atoms with Crippen molar-refractivity contribution in [3.63, 3.8) is 0 Å². The van der Waals surface area contributed by atoms with Gasteiger partial charge in [-0.15, -0.1) is 11.8 Å². The lowest BCUT2D eigenvalue weighted by Crippen LogP contribution is -2.44. The molecule has 0 aliphatic heterocycles. The van der Waals surface area contributed by atoms with Crippen LogP contribution in [0.3, 0.4) is 0 Å². The largest absolute Gasteiger partial charge is 0.484 e. The van der Waals surface area contributed by atoms with Gasteiger partial charge in [-0.2, -0.15) is 0 Å². The van der Waals surface area contributed by atoms with Crippen LogP contribution >= 0.6 is 23.4 Å². The van der Waals surface area contributed by atoms with Crippen LogP contribution < -0.4 is 15.6 Å². The number of fused-ring (bicyclic) bond motifs is 1. The van der Waals surface area contributed by atoms with E-state index >= 15 is 0 Å². The Hall–Kier alpha value is -2.71. The van der Waals surface area contributed by atoms with E-state index in [4.69, 9.17) is 16.3 Å². The van der Waals surface area contributed by atoms with Crippen molar-refractivity contribution >= 4 is 46.2 Å². The molecule has 3 aromatic rings. The number of rotatable bonds is 7. The zero-order valence-corrected chi connectivity index (χ0v) is 17.6. The number of ether oxygens (including phenoxy) is 1. The maximum Gasteiger partial charge on any atom is 0.276 e. The van der Waals surface area contributed by atoms with E-state index in [0.29, 0.717) is 10.8 Å². The van der Waals surface area contributed by atoms with Crippen LogP contribution in [-0.4, -0.2) is 34.1 Å². The van der Waals surface area contributed by atoms with Crippen LogP contribution in [0, 0.1) is 6.92 Å². The van der Waals surface area contributed by atoms with Gasteiger partial charge in [0.1, 0.15) is 11.6 Å². The molecule has 0 aliphatic rings. The van der Waals surface area contributed by atoms with Crippen LogP contribution in [-0.2, 0) is 9.59 Å². The van der Waals surface area contributed by atoms with Crippen molar-refractivity contribution in [2.45, 2.75) is 19.1 Å². The summed E-state index contributed by atoms with van der Waals surface area (Å²) in [7, 11) is 0. The number of hydrogen-bond acceptors (Lipinski definition) is 5. The average molecular weight is 433 g/mol. The van der Waals surface area contributed by atoms with E-state index in [1.807, 2.05) is 38.1 Å². The molecule has 0 aliphatic carbocycles. The highest BCUT2D eigenvalue weighted by atomic mass is 35.5. The third-order valence-electron chi connectivity index (χ3n) is 4.10. The van der Waals surface area contributed by atoms with Crippen molar-refractivity contribution < 1.29 is 14.3 Å².